The van der Waals surface area contributed by atoms with Gasteiger partial charge in [0.15, 0.2) is 9.84 Å². The van der Waals surface area contributed by atoms with Crippen LogP contribution >= 0.6 is 0 Å². The molecule has 1 aliphatic carbocycles. The highest BCUT2D eigenvalue weighted by Gasteiger charge is 2.40. The molecule has 1 fully saturated rings. The van der Waals surface area contributed by atoms with Gasteiger partial charge in [-0.05, 0) is 30.4 Å². The van der Waals surface area contributed by atoms with E-state index < -0.39 is 9.84 Å². The van der Waals surface area contributed by atoms with Crippen molar-refractivity contribution in [3.63, 3.8) is 0 Å². The molecule has 2 unspecified atom stereocenters. The van der Waals surface area contributed by atoms with Crippen LogP contribution in [0.25, 0.3) is 0 Å². The largest absolute Gasteiger partial charge is 0.327 e. The lowest BCUT2D eigenvalue weighted by Crippen LogP contribution is -2.36. The van der Waals surface area contributed by atoms with Crippen molar-refractivity contribution in [2.45, 2.75) is 42.5 Å². The van der Waals surface area contributed by atoms with Crippen molar-refractivity contribution >= 4 is 9.84 Å². The molecule has 0 radical (unpaired) electrons. The fourth-order valence-corrected chi connectivity index (χ4v) is 5.39. The Morgan fingerprint density at radius 3 is 2.56 bits per heavy atom. The van der Waals surface area contributed by atoms with Crippen LogP contribution in [-0.2, 0) is 9.84 Å². The van der Waals surface area contributed by atoms with E-state index in [1.165, 1.54) is 12.8 Å². The normalized spacial score (nSPS) is 28.2. The zero-order valence-corrected chi connectivity index (χ0v) is 11.2. The number of hydrogen-bond acceptors (Lipinski definition) is 3. The predicted octanol–water partition coefficient (Wildman–Crippen LogP) is 2.08. The summed E-state index contributed by atoms with van der Waals surface area (Å²) in [6.07, 6.45) is 4.78. The van der Waals surface area contributed by atoms with Crippen molar-refractivity contribution in [1.82, 2.24) is 0 Å². The Labute approximate surface area is 108 Å². The molecule has 2 N–H and O–H groups in total. The van der Waals surface area contributed by atoms with E-state index in [2.05, 4.69) is 0 Å². The molecule has 98 valence electrons. The first-order valence-electron chi connectivity index (χ1n) is 6.67. The van der Waals surface area contributed by atoms with Crippen molar-refractivity contribution in [3.05, 3.63) is 29.8 Å². The monoisotopic (exact) mass is 265 g/mol. The molecule has 0 bridgehead atoms. The number of nitrogens with two attached hydrogens (primary N) is 1. The minimum atomic E-state index is -3.11. The number of rotatable bonds is 2. The summed E-state index contributed by atoms with van der Waals surface area (Å²) in [6.45, 7) is 0. The average Bonchev–Trinajstić information content (AvgIpc) is 2.96. The lowest BCUT2D eigenvalue weighted by atomic mass is 9.84. The quantitative estimate of drug-likeness (QED) is 0.890. The Morgan fingerprint density at radius 2 is 1.83 bits per heavy atom. The third-order valence-corrected chi connectivity index (χ3v) is 6.30. The molecule has 0 amide bonds. The van der Waals surface area contributed by atoms with Crippen molar-refractivity contribution in [3.8, 4) is 0 Å². The molecule has 2 aliphatic rings. The molecule has 1 saturated carbocycles. The molecule has 18 heavy (non-hydrogen) atoms. The molecule has 1 aromatic carbocycles. The summed E-state index contributed by atoms with van der Waals surface area (Å²) in [4.78, 5) is 0.503. The topological polar surface area (TPSA) is 60.2 Å². The first-order valence-corrected chi connectivity index (χ1v) is 8.32. The number of sulfone groups is 1. The van der Waals surface area contributed by atoms with Crippen molar-refractivity contribution in [2.24, 2.45) is 11.7 Å². The van der Waals surface area contributed by atoms with E-state index in [0.717, 1.165) is 18.4 Å². The third-order valence-electron chi connectivity index (χ3n) is 4.46. The van der Waals surface area contributed by atoms with E-state index in [1.807, 2.05) is 12.1 Å². The number of fused-ring (bicyclic) bond motifs is 1. The van der Waals surface area contributed by atoms with Crippen LogP contribution in [-0.4, -0.2) is 20.2 Å². The molecule has 3 nitrogen and oxygen atoms in total. The van der Waals surface area contributed by atoms with Gasteiger partial charge in [0, 0.05) is 12.0 Å². The van der Waals surface area contributed by atoms with Crippen LogP contribution in [0.4, 0.5) is 0 Å². The van der Waals surface area contributed by atoms with Gasteiger partial charge in [-0.25, -0.2) is 8.42 Å². The van der Waals surface area contributed by atoms with Crippen molar-refractivity contribution in [1.29, 1.82) is 0 Å². The van der Waals surface area contributed by atoms with Gasteiger partial charge in [-0.3, -0.25) is 0 Å². The van der Waals surface area contributed by atoms with E-state index in [9.17, 15) is 8.42 Å². The minimum absolute atomic E-state index is 0.00528. The summed E-state index contributed by atoms with van der Waals surface area (Å²) in [7, 11) is -3.11. The molecule has 4 heteroatoms. The van der Waals surface area contributed by atoms with Crippen LogP contribution in [0.15, 0.2) is 29.2 Å². The van der Waals surface area contributed by atoms with Crippen LogP contribution in [0.5, 0.6) is 0 Å². The zero-order valence-electron chi connectivity index (χ0n) is 10.4. The highest BCUT2D eigenvalue weighted by Crippen LogP contribution is 2.41. The van der Waals surface area contributed by atoms with E-state index in [4.69, 9.17) is 5.73 Å². The Kier molecular flexibility index (Phi) is 2.94. The molecular formula is C14H19NO2S. The van der Waals surface area contributed by atoms with Crippen molar-refractivity contribution in [2.75, 3.05) is 5.75 Å². The SMILES string of the molecule is NC(C1CCCC1)C1CS(=O)(=O)c2ccccc21. The summed E-state index contributed by atoms with van der Waals surface area (Å²) < 4.78 is 24.3. The summed E-state index contributed by atoms with van der Waals surface area (Å²) in [5, 5.41) is 0. The van der Waals surface area contributed by atoms with Crippen LogP contribution in [0.1, 0.15) is 37.2 Å². The van der Waals surface area contributed by atoms with E-state index in [-0.39, 0.29) is 17.7 Å². The molecule has 1 aliphatic heterocycles. The van der Waals surface area contributed by atoms with Crippen LogP contribution in [0, 0.1) is 5.92 Å². The predicted molar refractivity (Wildman–Crippen MR) is 71.2 cm³/mol. The Bertz CT molecular complexity index is 547. The van der Waals surface area contributed by atoms with Crippen LogP contribution < -0.4 is 5.73 Å². The maximum atomic E-state index is 12.1. The van der Waals surface area contributed by atoms with E-state index in [0.29, 0.717) is 10.8 Å². The number of benzene rings is 1. The maximum absolute atomic E-state index is 12.1. The lowest BCUT2D eigenvalue weighted by Gasteiger charge is -2.25. The fourth-order valence-electron chi connectivity index (χ4n) is 3.48. The summed E-state index contributed by atoms with van der Waals surface area (Å²) in [5.74, 6) is 0.690. The highest BCUT2D eigenvalue weighted by atomic mass is 32.2. The van der Waals surface area contributed by atoms with Gasteiger partial charge in [0.1, 0.15) is 0 Å². The smallest absolute Gasteiger partial charge is 0.179 e. The Balaban J connectivity index is 1.95. The maximum Gasteiger partial charge on any atom is 0.179 e. The van der Waals surface area contributed by atoms with Gasteiger partial charge in [-0.15, -0.1) is 0 Å². The summed E-state index contributed by atoms with van der Waals surface area (Å²) in [5.41, 5.74) is 7.30. The Hall–Kier alpha value is -0.870. The van der Waals surface area contributed by atoms with Crippen LogP contribution in [0.3, 0.4) is 0 Å². The second-order valence-corrected chi connectivity index (χ2v) is 7.55. The highest BCUT2D eigenvalue weighted by molar-refractivity contribution is 7.91. The summed E-state index contributed by atoms with van der Waals surface area (Å²) in [6, 6.07) is 7.34. The third kappa shape index (κ3) is 1.88. The summed E-state index contributed by atoms with van der Waals surface area (Å²) >= 11 is 0. The standard InChI is InChI=1S/C14H19NO2S/c15-14(10-5-1-2-6-10)12-9-18(16,17)13-8-4-3-7-11(12)13/h3-4,7-8,10,12,14H,1-2,5-6,9,15H2. The van der Waals surface area contributed by atoms with E-state index >= 15 is 0 Å². The zero-order chi connectivity index (χ0) is 12.8. The molecule has 0 aromatic heterocycles. The fraction of sp³-hybridized carbons (Fsp3) is 0.571. The molecule has 1 aromatic rings. The second-order valence-electron chi connectivity index (χ2n) is 5.55. The molecule has 3 rings (SSSR count). The van der Waals surface area contributed by atoms with Gasteiger partial charge in [0.05, 0.1) is 10.6 Å². The first-order chi connectivity index (χ1) is 8.59. The van der Waals surface area contributed by atoms with Gasteiger partial charge >= 0.3 is 0 Å². The lowest BCUT2D eigenvalue weighted by molar-refractivity contribution is 0.389. The van der Waals surface area contributed by atoms with Gasteiger partial charge in [0.2, 0.25) is 0 Å². The van der Waals surface area contributed by atoms with Gasteiger partial charge in [-0.1, -0.05) is 31.0 Å². The molecule has 1 heterocycles. The molecule has 0 saturated heterocycles. The molecular weight excluding hydrogens is 246 g/mol. The average molecular weight is 265 g/mol. The Morgan fingerprint density at radius 1 is 1.17 bits per heavy atom. The van der Waals surface area contributed by atoms with Gasteiger partial charge in [0.25, 0.3) is 0 Å². The van der Waals surface area contributed by atoms with E-state index in [1.54, 1.807) is 12.1 Å². The van der Waals surface area contributed by atoms with Crippen molar-refractivity contribution < 1.29 is 8.42 Å². The van der Waals surface area contributed by atoms with Crippen LogP contribution in [0.2, 0.25) is 0 Å². The minimum Gasteiger partial charge on any atom is -0.327 e. The molecule has 2 atom stereocenters. The first kappa shape index (κ1) is 12.2. The number of hydrogen-bond donors (Lipinski definition) is 1. The van der Waals surface area contributed by atoms with Gasteiger partial charge in [-0.2, -0.15) is 0 Å². The van der Waals surface area contributed by atoms with Gasteiger partial charge < -0.3 is 5.73 Å². The molecule has 0 spiro atoms. The second kappa shape index (κ2) is 4.35.